The van der Waals surface area contributed by atoms with Gasteiger partial charge in [0.25, 0.3) is 5.91 Å². The first kappa shape index (κ1) is 19.8. The largest absolute Gasteiger partial charge is 0.468 e. The molecule has 0 saturated heterocycles. The maximum Gasteiger partial charge on any atom is 0.422 e. The molecule has 4 nitrogen and oxygen atoms in total. The summed E-state index contributed by atoms with van der Waals surface area (Å²) in [6.07, 6.45) is -2.41. The summed E-state index contributed by atoms with van der Waals surface area (Å²) in [7, 11) is 0. The zero-order valence-corrected chi connectivity index (χ0v) is 14.7. The lowest BCUT2D eigenvalue weighted by atomic mass is 10.1. The van der Waals surface area contributed by atoms with Gasteiger partial charge in [-0.1, -0.05) is 37.3 Å². The van der Waals surface area contributed by atoms with Crippen molar-refractivity contribution in [3.8, 4) is 5.88 Å². The van der Waals surface area contributed by atoms with Gasteiger partial charge in [-0.25, -0.2) is 4.98 Å². The third-order valence-corrected chi connectivity index (χ3v) is 3.95. The molecule has 0 radical (unpaired) electrons. The first-order valence-electron chi connectivity index (χ1n) is 8.30. The van der Waals surface area contributed by atoms with Gasteiger partial charge in [0.15, 0.2) is 6.61 Å². The molecule has 1 aromatic carbocycles. The summed E-state index contributed by atoms with van der Waals surface area (Å²) in [5.74, 6) is -0.393. The van der Waals surface area contributed by atoms with Crippen molar-refractivity contribution in [1.82, 2.24) is 9.88 Å². The number of carbonyl (C=O) groups excluding carboxylic acids is 1. The molecule has 1 aromatic heterocycles. The van der Waals surface area contributed by atoms with Gasteiger partial charge in [0.1, 0.15) is 0 Å². The summed E-state index contributed by atoms with van der Waals surface area (Å²) in [5.41, 5.74) is 1.31. The Morgan fingerprint density at radius 2 is 1.88 bits per heavy atom. The fraction of sp³-hybridized carbons (Fsp3) is 0.368. The van der Waals surface area contributed by atoms with Crippen LogP contribution in [0.5, 0.6) is 5.88 Å². The van der Waals surface area contributed by atoms with Gasteiger partial charge in [-0.2, -0.15) is 13.2 Å². The molecule has 0 bridgehead atoms. The molecular formula is C19H21F3N2O2. The van der Waals surface area contributed by atoms with E-state index in [0.29, 0.717) is 12.1 Å². The van der Waals surface area contributed by atoms with Crippen molar-refractivity contribution < 1.29 is 22.7 Å². The second kappa shape index (κ2) is 8.69. The molecule has 1 heterocycles. The Hall–Kier alpha value is -2.57. The SMILES string of the molecule is CCC(C)N(Cc1ccccc1)C(=O)c1ccc(OCC(F)(F)F)nc1. The van der Waals surface area contributed by atoms with Gasteiger partial charge >= 0.3 is 6.18 Å². The summed E-state index contributed by atoms with van der Waals surface area (Å²) >= 11 is 0. The molecule has 0 aliphatic carbocycles. The molecule has 26 heavy (non-hydrogen) atoms. The minimum atomic E-state index is -4.43. The summed E-state index contributed by atoms with van der Waals surface area (Å²) in [6, 6.07) is 12.3. The summed E-state index contributed by atoms with van der Waals surface area (Å²) in [5, 5.41) is 0. The van der Waals surface area contributed by atoms with Crippen LogP contribution >= 0.6 is 0 Å². The van der Waals surface area contributed by atoms with Crippen LogP contribution in [0.3, 0.4) is 0 Å². The molecule has 0 N–H and O–H groups in total. The van der Waals surface area contributed by atoms with Crippen molar-refractivity contribution in [1.29, 1.82) is 0 Å². The fourth-order valence-corrected chi connectivity index (χ4v) is 2.34. The van der Waals surface area contributed by atoms with E-state index in [1.54, 1.807) is 4.90 Å². The van der Waals surface area contributed by atoms with E-state index >= 15 is 0 Å². The van der Waals surface area contributed by atoms with Crippen molar-refractivity contribution in [3.05, 3.63) is 59.8 Å². The summed E-state index contributed by atoms with van der Waals surface area (Å²) < 4.78 is 41.1. The van der Waals surface area contributed by atoms with Crippen LogP contribution < -0.4 is 4.74 Å². The van der Waals surface area contributed by atoms with E-state index < -0.39 is 12.8 Å². The predicted octanol–water partition coefficient (Wildman–Crippen LogP) is 4.46. The first-order valence-corrected chi connectivity index (χ1v) is 8.30. The summed E-state index contributed by atoms with van der Waals surface area (Å²) in [4.78, 5) is 18.4. The molecule has 1 atom stereocenters. The molecule has 140 valence electrons. The van der Waals surface area contributed by atoms with Crippen molar-refractivity contribution in [2.24, 2.45) is 0 Å². The molecule has 0 saturated carbocycles. The van der Waals surface area contributed by atoms with E-state index in [2.05, 4.69) is 9.72 Å². The molecule has 0 aliphatic rings. The number of aromatic nitrogens is 1. The van der Waals surface area contributed by atoms with Gasteiger partial charge in [-0.15, -0.1) is 0 Å². The first-order chi connectivity index (χ1) is 12.3. The van der Waals surface area contributed by atoms with E-state index in [1.807, 2.05) is 44.2 Å². The van der Waals surface area contributed by atoms with Gasteiger partial charge in [0, 0.05) is 24.8 Å². The average Bonchev–Trinajstić information content (AvgIpc) is 2.64. The number of hydrogen-bond donors (Lipinski definition) is 0. The van der Waals surface area contributed by atoms with E-state index in [0.717, 1.165) is 12.0 Å². The Kier molecular flexibility index (Phi) is 6.60. The minimum absolute atomic E-state index is 0.00358. The van der Waals surface area contributed by atoms with Crippen LogP contribution in [0.25, 0.3) is 0 Å². The van der Waals surface area contributed by atoms with Crippen LogP contribution in [0.2, 0.25) is 0 Å². The Balaban J connectivity index is 2.12. The molecule has 1 amide bonds. The highest BCUT2D eigenvalue weighted by molar-refractivity contribution is 5.94. The Morgan fingerprint density at radius 3 is 2.42 bits per heavy atom. The highest BCUT2D eigenvalue weighted by Gasteiger charge is 2.28. The molecule has 0 spiro atoms. The van der Waals surface area contributed by atoms with Crippen LogP contribution in [0.15, 0.2) is 48.7 Å². The number of pyridine rings is 1. The highest BCUT2D eigenvalue weighted by atomic mass is 19.4. The standard InChI is InChI=1S/C19H21F3N2O2/c1-3-14(2)24(12-15-7-5-4-6-8-15)18(25)16-9-10-17(23-11-16)26-13-19(20,21)22/h4-11,14H,3,12-13H2,1-2H3. The molecular weight excluding hydrogens is 345 g/mol. The van der Waals surface area contributed by atoms with Crippen molar-refractivity contribution >= 4 is 5.91 Å². The number of alkyl halides is 3. The molecule has 2 rings (SSSR count). The zero-order chi connectivity index (χ0) is 19.2. The number of ether oxygens (including phenoxy) is 1. The van der Waals surface area contributed by atoms with Crippen LogP contribution in [0.4, 0.5) is 13.2 Å². The van der Waals surface area contributed by atoms with Crippen molar-refractivity contribution in [2.75, 3.05) is 6.61 Å². The minimum Gasteiger partial charge on any atom is -0.468 e. The lowest BCUT2D eigenvalue weighted by Crippen LogP contribution is -2.37. The van der Waals surface area contributed by atoms with Crippen LogP contribution in [0, 0.1) is 0 Å². The topological polar surface area (TPSA) is 42.4 Å². The third-order valence-electron chi connectivity index (χ3n) is 3.95. The lowest BCUT2D eigenvalue weighted by Gasteiger charge is -2.29. The number of benzene rings is 1. The number of carbonyl (C=O) groups is 1. The van der Waals surface area contributed by atoms with Gasteiger partial charge in [0.05, 0.1) is 5.56 Å². The number of rotatable bonds is 7. The predicted molar refractivity (Wildman–Crippen MR) is 91.9 cm³/mol. The summed E-state index contributed by atoms with van der Waals surface area (Å²) in [6.45, 7) is 2.97. The van der Waals surface area contributed by atoms with Crippen LogP contribution in [-0.4, -0.2) is 34.6 Å². The molecule has 1 unspecified atom stereocenters. The zero-order valence-electron chi connectivity index (χ0n) is 14.7. The van der Waals surface area contributed by atoms with Crippen molar-refractivity contribution in [2.45, 2.75) is 39.0 Å². The van der Waals surface area contributed by atoms with Crippen LogP contribution in [0.1, 0.15) is 36.2 Å². The van der Waals surface area contributed by atoms with Gasteiger partial charge in [0.2, 0.25) is 5.88 Å². The molecule has 2 aromatic rings. The fourth-order valence-electron chi connectivity index (χ4n) is 2.34. The van der Waals surface area contributed by atoms with Crippen LogP contribution in [-0.2, 0) is 6.54 Å². The van der Waals surface area contributed by atoms with E-state index in [1.165, 1.54) is 18.3 Å². The Morgan fingerprint density at radius 1 is 1.19 bits per heavy atom. The smallest absolute Gasteiger partial charge is 0.422 e. The second-order valence-corrected chi connectivity index (χ2v) is 5.96. The van der Waals surface area contributed by atoms with Gasteiger partial charge in [-0.3, -0.25) is 4.79 Å². The van der Waals surface area contributed by atoms with Crippen molar-refractivity contribution in [3.63, 3.8) is 0 Å². The monoisotopic (exact) mass is 366 g/mol. The highest BCUT2D eigenvalue weighted by Crippen LogP contribution is 2.19. The van der Waals surface area contributed by atoms with E-state index in [4.69, 9.17) is 0 Å². The molecule has 0 aliphatic heterocycles. The number of amides is 1. The number of nitrogens with zero attached hydrogens (tertiary/aromatic N) is 2. The van der Waals surface area contributed by atoms with E-state index in [9.17, 15) is 18.0 Å². The van der Waals surface area contributed by atoms with Gasteiger partial charge < -0.3 is 9.64 Å². The van der Waals surface area contributed by atoms with E-state index in [-0.39, 0.29) is 17.8 Å². The Bertz CT molecular complexity index is 703. The third kappa shape index (κ3) is 5.75. The number of hydrogen-bond acceptors (Lipinski definition) is 3. The molecule has 7 heteroatoms. The Labute approximate surface area is 150 Å². The quantitative estimate of drug-likeness (QED) is 0.726. The maximum atomic E-state index is 12.8. The lowest BCUT2D eigenvalue weighted by molar-refractivity contribution is -0.154. The average molecular weight is 366 g/mol. The number of halogens is 3. The maximum absolute atomic E-state index is 12.8. The second-order valence-electron chi connectivity index (χ2n) is 5.96. The normalized spacial score (nSPS) is 12.5. The molecule has 0 fully saturated rings. The van der Waals surface area contributed by atoms with Gasteiger partial charge in [-0.05, 0) is 25.0 Å².